The molecule has 0 aromatic carbocycles. The van der Waals surface area contributed by atoms with Crippen LogP contribution in [0.4, 0.5) is 0 Å². The van der Waals surface area contributed by atoms with Gasteiger partial charge in [-0.2, -0.15) is 0 Å². The Morgan fingerprint density at radius 2 is 2.33 bits per heavy atom. The van der Waals surface area contributed by atoms with Crippen molar-refractivity contribution in [2.75, 3.05) is 0 Å². The molecule has 2 aliphatic rings. The van der Waals surface area contributed by atoms with Crippen molar-refractivity contribution in [2.24, 2.45) is 11.8 Å². The average molecular weight is 393 g/mol. The van der Waals surface area contributed by atoms with Gasteiger partial charge in [-0.1, -0.05) is 0 Å². The Morgan fingerprint density at radius 3 is 2.67 bits per heavy atom. The molecule has 1 aliphatic heterocycles. The Kier molecular flexibility index (Phi) is 2.34. The molecule has 4 heteroatoms. The van der Waals surface area contributed by atoms with E-state index in [9.17, 15) is 4.79 Å². The molecule has 0 aromatic heterocycles. The summed E-state index contributed by atoms with van der Waals surface area (Å²) in [6, 6.07) is 0. The van der Waals surface area contributed by atoms with Crippen LogP contribution in [0.2, 0.25) is 0 Å². The van der Waals surface area contributed by atoms with Crippen LogP contribution in [0.25, 0.3) is 0 Å². The van der Waals surface area contributed by atoms with Gasteiger partial charge in [-0.3, -0.25) is 0 Å². The van der Waals surface area contributed by atoms with Crippen molar-refractivity contribution in [2.45, 2.75) is 25.1 Å². The van der Waals surface area contributed by atoms with E-state index in [1.54, 1.807) is 0 Å². The summed E-state index contributed by atoms with van der Waals surface area (Å²) in [5.74, 6) is 0.103. The van der Waals surface area contributed by atoms with Crippen LogP contribution < -0.4 is 21.2 Å². The molecule has 4 unspecified atom stereocenters. The predicted octanol–water partition coefficient (Wildman–Crippen LogP) is -1.28. The van der Waals surface area contributed by atoms with E-state index >= 15 is 0 Å². The van der Waals surface area contributed by atoms with Crippen molar-refractivity contribution in [1.82, 2.24) is 0 Å². The third-order valence-electron chi connectivity index (χ3n) is 2.79. The molecule has 0 bridgehead atoms. The normalized spacial score (nSPS) is 52.0. The van der Waals surface area contributed by atoms with Gasteiger partial charge in [0.25, 0.3) is 0 Å². The van der Waals surface area contributed by atoms with Crippen molar-refractivity contribution in [3.05, 3.63) is 0 Å². The van der Waals surface area contributed by atoms with Crippen LogP contribution in [0.3, 0.4) is 0 Å². The minimum atomic E-state index is -0.543. The number of rotatable bonds is 1. The number of hydrogen-bond donors (Lipinski definition) is 1. The quantitative estimate of drug-likeness (QED) is 0.446. The first-order valence-electron chi connectivity index (χ1n) is 4.07. The van der Waals surface area contributed by atoms with Gasteiger partial charge >= 0.3 is 96.6 Å². The topological polar surface area (TPSA) is 37.3 Å². The average Bonchev–Trinajstić information content (AvgIpc) is 2.39. The third kappa shape index (κ3) is 1.29. The van der Waals surface area contributed by atoms with Gasteiger partial charge in [0, 0.05) is 0 Å². The van der Waals surface area contributed by atoms with Crippen LogP contribution in [-0.2, 0) is 4.79 Å². The molecule has 2 fully saturated rings. The van der Waals surface area contributed by atoms with E-state index in [0.717, 1.165) is 8.35 Å². The summed E-state index contributed by atoms with van der Waals surface area (Å²) < 4.78 is 1.05. The second-order valence-electron chi connectivity index (χ2n) is 3.77. The van der Waals surface area contributed by atoms with Crippen LogP contribution >= 0.6 is 22.6 Å². The number of carboxylic acids is 1. The van der Waals surface area contributed by atoms with Gasteiger partial charge in [-0.05, 0) is 0 Å². The maximum atomic E-state index is 11.0. The Morgan fingerprint density at radius 1 is 1.75 bits per heavy atom. The maximum absolute atomic E-state index is 11.0. The molecule has 4 atom stereocenters. The summed E-state index contributed by atoms with van der Waals surface area (Å²) in [6.07, 6.45) is 2.11. The molecule has 0 aromatic rings. The predicted molar refractivity (Wildman–Crippen MR) is 50.1 cm³/mol. The summed E-state index contributed by atoms with van der Waals surface area (Å²) in [6.45, 7) is 2.19. The molecule has 2 rings (SSSR count). The van der Waals surface area contributed by atoms with Crippen molar-refractivity contribution < 1.29 is 31.1 Å². The van der Waals surface area contributed by atoms with E-state index in [0.29, 0.717) is 9.34 Å². The fourth-order valence-electron chi connectivity index (χ4n) is 2.17. The molecular formula is C8H11I2O2-. The van der Waals surface area contributed by atoms with Crippen LogP contribution in [0.1, 0.15) is 19.8 Å². The van der Waals surface area contributed by atoms with E-state index in [4.69, 9.17) is 5.11 Å². The summed E-state index contributed by atoms with van der Waals surface area (Å²) in [7, 11) is 0. The van der Waals surface area contributed by atoms with E-state index in [2.05, 4.69) is 29.5 Å². The molecule has 1 saturated carbocycles. The molecule has 1 heterocycles. The van der Waals surface area contributed by atoms with Crippen molar-refractivity contribution in [1.29, 1.82) is 0 Å². The zero-order chi connectivity index (χ0) is 8.93. The summed E-state index contributed by atoms with van der Waals surface area (Å²) >= 11 is 2.65. The fourth-order valence-corrected chi connectivity index (χ4v) is 9.29. The number of aliphatic carboxylic acids is 1. The molecule has 12 heavy (non-hydrogen) atoms. The van der Waals surface area contributed by atoms with E-state index in [1.165, 1.54) is 6.42 Å². The number of alkyl halides is 3. The Bertz CT molecular complexity index is 231. The minimum absolute atomic E-state index is 0.00204. The van der Waals surface area contributed by atoms with Crippen LogP contribution in [-0.4, -0.2) is 16.4 Å². The number of halogens is 2. The van der Waals surface area contributed by atoms with E-state index < -0.39 is 5.97 Å². The molecule has 2 nitrogen and oxygen atoms in total. The van der Waals surface area contributed by atoms with Crippen LogP contribution in [0.5, 0.6) is 0 Å². The van der Waals surface area contributed by atoms with Gasteiger partial charge in [0.2, 0.25) is 0 Å². The zero-order valence-electron chi connectivity index (χ0n) is 6.76. The van der Waals surface area contributed by atoms with Crippen molar-refractivity contribution in [3.63, 3.8) is 0 Å². The fraction of sp³-hybridized carbons (Fsp3) is 0.875. The molecule has 70 valence electrons. The molecule has 1 spiro atoms. The number of hydrogen-bond acceptors (Lipinski definition) is 1. The van der Waals surface area contributed by atoms with Gasteiger partial charge in [0.1, 0.15) is 0 Å². The Hall–Kier alpha value is 0.930. The first-order chi connectivity index (χ1) is 5.56. The standard InChI is InChI=1S/C8H11I2O2/c1-4-2-5(6(11)12)8(3-4)7(9)10-8/h4-5,7H,2-3H2,1H3,(H,11,12)/q-1. The zero-order valence-corrected chi connectivity index (χ0v) is 11.1. The van der Waals surface area contributed by atoms with Crippen molar-refractivity contribution in [3.8, 4) is 0 Å². The SMILES string of the molecule is CC1CC(C(=O)O)C2(C1)[I-]C2I. The van der Waals surface area contributed by atoms with Crippen LogP contribution in [0, 0.1) is 11.8 Å². The van der Waals surface area contributed by atoms with Gasteiger partial charge in [0.05, 0.1) is 0 Å². The van der Waals surface area contributed by atoms with Gasteiger partial charge in [0.15, 0.2) is 0 Å². The number of carboxylic acid groups (broad SMARTS) is 1. The van der Waals surface area contributed by atoms with E-state index in [1.807, 2.05) is 0 Å². The Balaban J connectivity index is 2.18. The van der Waals surface area contributed by atoms with Crippen LogP contribution in [0.15, 0.2) is 0 Å². The molecule has 1 aliphatic carbocycles. The second-order valence-corrected chi connectivity index (χ2v) is 11.3. The molecule has 0 radical (unpaired) electrons. The van der Waals surface area contributed by atoms with Crippen molar-refractivity contribution >= 4 is 28.6 Å². The second kappa shape index (κ2) is 2.96. The molecular weight excluding hydrogens is 382 g/mol. The van der Waals surface area contributed by atoms with Gasteiger partial charge in [-0.15, -0.1) is 0 Å². The summed E-state index contributed by atoms with van der Waals surface area (Å²) in [4.78, 5) is 11.0. The summed E-state index contributed by atoms with van der Waals surface area (Å²) in [5, 5.41) is 9.04. The molecule has 1 saturated heterocycles. The molecule has 1 N–H and O–H groups in total. The van der Waals surface area contributed by atoms with E-state index in [-0.39, 0.29) is 27.1 Å². The first-order valence-corrected chi connectivity index (χ1v) is 7.64. The third-order valence-corrected chi connectivity index (χ3v) is 10.6. The number of carbonyl (C=O) groups is 1. The first kappa shape index (κ1) is 9.48. The summed E-state index contributed by atoms with van der Waals surface area (Å²) in [5.41, 5.74) is 0. The van der Waals surface area contributed by atoms with Gasteiger partial charge in [-0.25, -0.2) is 0 Å². The monoisotopic (exact) mass is 393 g/mol. The van der Waals surface area contributed by atoms with Gasteiger partial charge < -0.3 is 0 Å². The Labute approximate surface area is 95.9 Å². The molecule has 0 amide bonds.